The Kier molecular flexibility index (Phi) is 7.23. The third-order valence-corrected chi connectivity index (χ3v) is 1.52. The lowest BCUT2D eigenvalue weighted by Crippen LogP contribution is -2.32. The predicted octanol–water partition coefficient (Wildman–Crippen LogP) is 2.14. The number of urea groups is 1. The van der Waals surface area contributed by atoms with Gasteiger partial charge in [0.25, 0.3) is 0 Å². The fourth-order valence-electron chi connectivity index (χ4n) is 0.867. The number of rotatable bonds is 2. The van der Waals surface area contributed by atoms with Crippen LogP contribution >= 0.6 is 0 Å². The van der Waals surface area contributed by atoms with Crippen LogP contribution in [0.25, 0.3) is 0 Å². The topological polar surface area (TPSA) is 41.1 Å². The average Bonchev–Trinajstić information content (AvgIpc) is 2.30. The number of hydrogen-bond donors (Lipinski definition) is 2. The van der Waals surface area contributed by atoms with Crippen LogP contribution in [0.15, 0.2) is 30.3 Å². The van der Waals surface area contributed by atoms with Gasteiger partial charge in [0.1, 0.15) is 0 Å². The molecule has 0 heterocycles. The summed E-state index contributed by atoms with van der Waals surface area (Å²) in [6, 6.07) is 9.62. The van der Waals surface area contributed by atoms with Crippen LogP contribution in [0.2, 0.25) is 0 Å². The van der Waals surface area contributed by atoms with Gasteiger partial charge in [0.2, 0.25) is 0 Å². The maximum Gasteiger partial charge on any atom is 0.314 e. The van der Waals surface area contributed by atoms with Crippen LogP contribution in [0.3, 0.4) is 0 Å². The van der Waals surface area contributed by atoms with Crippen molar-refractivity contribution in [3.8, 4) is 0 Å². The average molecular weight is 194 g/mol. The molecule has 0 aliphatic heterocycles. The summed E-state index contributed by atoms with van der Waals surface area (Å²) in [6.45, 7) is 4.57. The molecule has 0 fully saturated rings. The minimum Gasteiger partial charge on any atom is -0.341 e. The maximum absolute atomic E-state index is 10.8. The van der Waals surface area contributed by atoms with Gasteiger partial charge in [-0.25, -0.2) is 4.79 Å². The lowest BCUT2D eigenvalue weighted by Gasteiger charge is -2.03. The molecule has 0 saturated heterocycles. The number of carbonyl (C=O) groups excluding carboxylic acids is 1. The highest BCUT2D eigenvalue weighted by Gasteiger charge is 1.94. The first kappa shape index (κ1) is 12.5. The quantitative estimate of drug-likeness (QED) is 0.744. The summed E-state index contributed by atoms with van der Waals surface area (Å²) in [5.74, 6) is 0. The molecular formula is C11H18N2O. The molecular weight excluding hydrogens is 176 g/mol. The van der Waals surface area contributed by atoms with Gasteiger partial charge in [-0.2, -0.15) is 0 Å². The predicted molar refractivity (Wildman–Crippen MR) is 59.1 cm³/mol. The Morgan fingerprint density at radius 2 is 1.79 bits per heavy atom. The van der Waals surface area contributed by atoms with Crippen LogP contribution in [0.5, 0.6) is 0 Å². The molecule has 1 rings (SSSR count). The van der Waals surface area contributed by atoms with Crippen molar-refractivity contribution in [1.29, 1.82) is 0 Å². The molecule has 3 nitrogen and oxygen atoms in total. The minimum atomic E-state index is -0.154. The summed E-state index contributed by atoms with van der Waals surface area (Å²) in [5, 5.41) is 5.18. The second kappa shape index (κ2) is 8.10. The zero-order valence-electron chi connectivity index (χ0n) is 9.00. The first-order chi connectivity index (χ1) is 6.83. The van der Waals surface area contributed by atoms with E-state index in [2.05, 4.69) is 10.6 Å². The van der Waals surface area contributed by atoms with Gasteiger partial charge < -0.3 is 10.6 Å². The third kappa shape index (κ3) is 5.19. The van der Waals surface area contributed by atoms with E-state index in [1.54, 1.807) is 7.05 Å². The van der Waals surface area contributed by atoms with Crippen LogP contribution in [-0.4, -0.2) is 13.1 Å². The van der Waals surface area contributed by atoms with E-state index >= 15 is 0 Å². The van der Waals surface area contributed by atoms with E-state index in [0.29, 0.717) is 6.54 Å². The molecule has 1 aromatic rings. The monoisotopic (exact) mass is 194 g/mol. The molecule has 0 aromatic heterocycles. The first-order valence-corrected chi connectivity index (χ1v) is 4.82. The van der Waals surface area contributed by atoms with Crippen LogP contribution in [0, 0.1) is 0 Å². The van der Waals surface area contributed by atoms with E-state index in [4.69, 9.17) is 0 Å². The highest BCUT2D eigenvalue weighted by molar-refractivity contribution is 5.73. The molecule has 0 saturated carbocycles. The van der Waals surface area contributed by atoms with Crippen molar-refractivity contribution >= 4 is 6.03 Å². The molecule has 3 heteroatoms. The smallest absolute Gasteiger partial charge is 0.314 e. The lowest BCUT2D eigenvalue weighted by molar-refractivity contribution is 0.242. The van der Waals surface area contributed by atoms with Gasteiger partial charge in [-0.3, -0.25) is 0 Å². The van der Waals surface area contributed by atoms with Crippen molar-refractivity contribution in [2.24, 2.45) is 0 Å². The van der Waals surface area contributed by atoms with Crippen LogP contribution in [0.1, 0.15) is 19.4 Å². The number of benzene rings is 1. The second-order valence-corrected chi connectivity index (χ2v) is 2.42. The summed E-state index contributed by atoms with van der Waals surface area (Å²) in [7, 11) is 1.60. The van der Waals surface area contributed by atoms with Gasteiger partial charge in [0.05, 0.1) is 0 Å². The highest BCUT2D eigenvalue weighted by Crippen LogP contribution is 1.96. The minimum absolute atomic E-state index is 0.154. The molecule has 2 N–H and O–H groups in total. The SMILES string of the molecule is CC.CNC(=O)NCc1ccccc1. The molecule has 0 aliphatic carbocycles. The van der Waals surface area contributed by atoms with Crippen molar-refractivity contribution in [2.75, 3.05) is 7.05 Å². The zero-order chi connectivity index (χ0) is 10.8. The van der Waals surface area contributed by atoms with Gasteiger partial charge in [0.15, 0.2) is 0 Å². The largest absolute Gasteiger partial charge is 0.341 e. The second-order valence-electron chi connectivity index (χ2n) is 2.42. The fraction of sp³-hybridized carbons (Fsp3) is 0.364. The molecule has 1 aromatic carbocycles. The van der Waals surface area contributed by atoms with Gasteiger partial charge in [-0.1, -0.05) is 44.2 Å². The Hall–Kier alpha value is -1.51. The van der Waals surface area contributed by atoms with E-state index < -0.39 is 0 Å². The highest BCUT2D eigenvalue weighted by atomic mass is 16.2. The molecule has 2 amide bonds. The Bertz CT molecular complexity index is 247. The van der Waals surface area contributed by atoms with E-state index in [1.165, 1.54) is 0 Å². The van der Waals surface area contributed by atoms with Crippen LogP contribution in [-0.2, 0) is 6.54 Å². The molecule has 0 atom stereocenters. The van der Waals surface area contributed by atoms with Gasteiger partial charge >= 0.3 is 6.03 Å². The molecule has 0 bridgehead atoms. The van der Waals surface area contributed by atoms with Crippen molar-refractivity contribution in [3.63, 3.8) is 0 Å². The number of amides is 2. The van der Waals surface area contributed by atoms with Crippen molar-refractivity contribution in [1.82, 2.24) is 10.6 Å². The number of hydrogen-bond acceptors (Lipinski definition) is 1. The molecule has 0 radical (unpaired) electrons. The maximum atomic E-state index is 10.8. The van der Waals surface area contributed by atoms with E-state index in [9.17, 15) is 4.79 Å². The van der Waals surface area contributed by atoms with E-state index in [0.717, 1.165) is 5.56 Å². The third-order valence-electron chi connectivity index (χ3n) is 1.52. The molecule has 0 aliphatic rings. The van der Waals surface area contributed by atoms with Crippen molar-refractivity contribution < 1.29 is 4.79 Å². The van der Waals surface area contributed by atoms with Crippen molar-refractivity contribution in [3.05, 3.63) is 35.9 Å². The van der Waals surface area contributed by atoms with Gasteiger partial charge in [-0.05, 0) is 5.56 Å². The van der Waals surface area contributed by atoms with Gasteiger partial charge in [-0.15, -0.1) is 0 Å². The normalized spacial score (nSPS) is 8.21. The summed E-state index contributed by atoms with van der Waals surface area (Å²) in [4.78, 5) is 10.8. The lowest BCUT2D eigenvalue weighted by atomic mass is 10.2. The summed E-state index contributed by atoms with van der Waals surface area (Å²) >= 11 is 0. The Morgan fingerprint density at radius 3 is 2.29 bits per heavy atom. The van der Waals surface area contributed by atoms with Gasteiger partial charge in [0, 0.05) is 13.6 Å². The van der Waals surface area contributed by atoms with Crippen LogP contribution in [0.4, 0.5) is 4.79 Å². The van der Waals surface area contributed by atoms with E-state index in [-0.39, 0.29) is 6.03 Å². The van der Waals surface area contributed by atoms with Crippen molar-refractivity contribution in [2.45, 2.75) is 20.4 Å². The van der Waals surface area contributed by atoms with Crippen LogP contribution < -0.4 is 10.6 Å². The first-order valence-electron chi connectivity index (χ1n) is 4.82. The zero-order valence-corrected chi connectivity index (χ0v) is 9.00. The molecule has 0 spiro atoms. The summed E-state index contributed by atoms with van der Waals surface area (Å²) in [6.07, 6.45) is 0. The molecule has 0 unspecified atom stereocenters. The summed E-state index contributed by atoms with van der Waals surface area (Å²) < 4.78 is 0. The Morgan fingerprint density at radius 1 is 1.21 bits per heavy atom. The Labute approximate surface area is 85.5 Å². The van der Waals surface area contributed by atoms with E-state index in [1.807, 2.05) is 44.2 Å². The molecule has 14 heavy (non-hydrogen) atoms. The number of nitrogens with one attached hydrogen (secondary N) is 2. The fourth-order valence-corrected chi connectivity index (χ4v) is 0.867. The summed E-state index contributed by atoms with van der Waals surface area (Å²) in [5.41, 5.74) is 1.10. The standard InChI is InChI=1S/C9H12N2O.C2H6/c1-10-9(12)11-7-8-5-3-2-4-6-8;1-2/h2-6H,7H2,1H3,(H2,10,11,12);1-2H3. The molecule has 78 valence electrons. The number of carbonyl (C=O) groups is 1. The Balaban J connectivity index is 0.000000791.